The van der Waals surface area contributed by atoms with Gasteiger partial charge in [0.25, 0.3) is 15.9 Å². The fourth-order valence-corrected chi connectivity index (χ4v) is 6.23. The molecule has 0 spiro atoms. The predicted octanol–water partition coefficient (Wildman–Crippen LogP) is 4.82. The molecule has 1 N–H and O–H groups in total. The fourth-order valence-electron chi connectivity index (χ4n) is 4.53. The van der Waals surface area contributed by atoms with Gasteiger partial charge in [0.15, 0.2) is 0 Å². The molecule has 1 amide bonds. The third kappa shape index (κ3) is 5.03. The topological polar surface area (TPSA) is 69.7 Å². The summed E-state index contributed by atoms with van der Waals surface area (Å²) >= 11 is 0. The number of hydrogen-bond acceptors (Lipinski definition) is 4. The average Bonchev–Trinajstić information content (AvgIpc) is 2.83. The highest BCUT2D eigenvalue weighted by molar-refractivity contribution is 7.92. The van der Waals surface area contributed by atoms with Crippen LogP contribution in [0.1, 0.15) is 32.6 Å². The van der Waals surface area contributed by atoms with Gasteiger partial charge in [-0.2, -0.15) is 0 Å². The van der Waals surface area contributed by atoms with Crippen LogP contribution in [-0.2, 0) is 10.0 Å². The molecule has 6 nitrogen and oxygen atoms in total. The summed E-state index contributed by atoms with van der Waals surface area (Å²) in [6.07, 6.45) is 0. The molecule has 1 fully saturated rings. The van der Waals surface area contributed by atoms with Crippen LogP contribution in [-0.4, -0.2) is 45.4 Å². The molecule has 8 heteroatoms. The molecule has 184 valence electrons. The van der Waals surface area contributed by atoms with E-state index in [4.69, 9.17) is 0 Å². The monoisotopic (exact) mass is 495 g/mol. The Balaban J connectivity index is 1.55. The maximum Gasteiger partial charge on any atom is 0.262 e. The van der Waals surface area contributed by atoms with Crippen LogP contribution in [0.25, 0.3) is 0 Å². The maximum atomic E-state index is 13.5. The zero-order valence-corrected chi connectivity index (χ0v) is 21.2. The van der Waals surface area contributed by atoms with Gasteiger partial charge in [-0.1, -0.05) is 18.2 Å². The van der Waals surface area contributed by atoms with Gasteiger partial charge in [-0.05, 0) is 86.3 Å². The zero-order chi connectivity index (χ0) is 25.3. The standard InChI is InChI=1S/C27H30FN3O3S/c1-18-17-19(2)21(4)26(20(18)3)35(33,34)29-25-8-6-5-7-24(25)27(32)31-15-13-30(14-16-31)23-11-9-22(28)10-12-23/h5-12,17,29H,13-16H2,1-4H3. The Morgan fingerprint density at radius 2 is 1.43 bits per heavy atom. The lowest BCUT2D eigenvalue weighted by Gasteiger charge is -2.36. The number of benzene rings is 3. The van der Waals surface area contributed by atoms with E-state index in [0.717, 1.165) is 16.8 Å². The fraction of sp³-hybridized carbons (Fsp3) is 0.296. The van der Waals surface area contributed by atoms with Crippen molar-refractivity contribution < 1.29 is 17.6 Å². The van der Waals surface area contributed by atoms with Crippen molar-refractivity contribution in [1.29, 1.82) is 0 Å². The number of rotatable bonds is 5. The number of sulfonamides is 1. The Bertz CT molecular complexity index is 1340. The highest BCUT2D eigenvalue weighted by Crippen LogP contribution is 2.29. The number of halogens is 1. The van der Waals surface area contributed by atoms with E-state index in [0.29, 0.717) is 42.9 Å². The molecule has 0 aromatic heterocycles. The summed E-state index contributed by atoms with van der Waals surface area (Å²) in [6, 6.07) is 15.0. The second kappa shape index (κ2) is 9.70. The van der Waals surface area contributed by atoms with Crippen molar-refractivity contribution in [2.75, 3.05) is 35.8 Å². The van der Waals surface area contributed by atoms with Crippen molar-refractivity contribution in [3.8, 4) is 0 Å². The number of nitrogens with zero attached hydrogens (tertiary/aromatic N) is 2. The summed E-state index contributed by atoms with van der Waals surface area (Å²) in [5.41, 5.74) is 4.67. The first kappa shape index (κ1) is 24.7. The van der Waals surface area contributed by atoms with Gasteiger partial charge in [0, 0.05) is 31.9 Å². The smallest absolute Gasteiger partial charge is 0.262 e. The van der Waals surface area contributed by atoms with Crippen molar-refractivity contribution in [2.45, 2.75) is 32.6 Å². The predicted molar refractivity (Wildman–Crippen MR) is 137 cm³/mol. The first-order valence-electron chi connectivity index (χ1n) is 11.6. The number of anilines is 2. The molecule has 0 bridgehead atoms. The van der Waals surface area contributed by atoms with Gasteiger partial charge in [0.1, 0.15) is 5.82 Å². The lowest BCUT2D eigenvalue weighted by Crippen LogP contribution is -2.49. The van der Waals surface area contributed by atoms with Crippen molar-refractivity contribution in [3.63, 3.8) is 0 Å². The van der Waals surface area contributed by atoms with Gasteiger partial charge in [0.05, 0.1) is 16.1 Å². The molecular formula is C27H30FN3O3S. The summed E-state index contributed by atoms with van der Waals surface area (Å²) in [4.78, 5) is 17.5. The third-order valence-electron chi connectivity index (χ3n) is 6.73. The molecule has 1 heterocycles. The Hall–Kier alpha value is -3.39. The SMILES string of the molecule is Cc1cc(C)c(C)c(S(=O)(=O)Nc2ccccc2C(=O)N2CCN(c3ccc(F)cc3)CC2)c1C. The van der Waals surface area contributed by atoms with Crippen molar-refractivity contribution in [1.82, 2.24) is 4.90 Å². The minimum absolute atomic E-state index is 0.226. The third-order valence-corrected chi connectivity index (χ3v) is 8.36. The van der Waals surface area contributed by atoms with Gasteiger partial charge in [-0.15, -0.1) is 0 Å². The van der Waals surface area contributed by atoms with Crippen LogP contribution in [0.2, 0.25) is 0 Å². The Morgan fingerprint density at radius 3 is 2.03 bits per heavy atom. The molecule has 1 aliphatic rings. The van der Waals surface area contributed by atoms with Crippen LogP contribution in [0.4, 0.5) is 15.8 Å². The van der Waals surface area contributed by atoms with Gasteiger partial charge in [-0.3, -0.25) is 9.52 Å². The molecule has 1 saturated heterocycles. The summed E-state index contributed by atoms with van der Waals surface area (Å²) in [5, 5.41) is 0. The zero-order valence-electron chi connectivity index (χ0n) is 20.4. The van der Waals surface area contributed by atoms with Crippen LogP contribution in [0.15, 0.2) is 59.5 Å². The van der Waals surface area contributed by atoms with Gasteiger partial charge < -0.3 is 9.80 Å². The minimum atomic E-state index is -3.91. The van der Waals surface area contributed by atoms with Crippen molar-refractivity contribution in [3.05, 3.63) is 88.2 Å². The number of aryl methyl sites for hydroxylation is 2. The highest BCUT2D eigenvalue weighted by Gasteiger charge is 2.27. The molecule has 35 heavy (non-hydrogen) atoms. The van der Waals surface area contributed by atoms with Crippen LogP contribution in [0.5, 0.6) is 0 Å². The molecule has 3 aromatic carbocycles. The van der Waals surface area contributed by atoms with Crippen molar-refractivity contribution >= 4 is 27.3 Å². The number of para-hydroxylation sites is 1. The second-order valence-electron chi connectivity index (χ2n) is 9.00. The van der Waals surface area contributed by atoms with Crippen LogP contribution >= 0.6 is 0 Å². The number of nitrogens with one attached hydrogen (secondary N) is 1. The molecule has 3 aromatic rings. The van der Waals surface area contributed by atoms with E-state index >= 15 is 0 Å². The Kier molecular flexibility index (Phi) is 6.85. The van der Waals surface area contributed by atoms with E-state index in [1.165, 1.54) is 12.1 Å². The van der Waals surface area contributed by atoms with Gasteiger partial charge in [-0.25, -0.2) is 12.8 Å². The molecule has 4 rings (SSSR count). The highest BCUT2D eigenvalue weighted by atomic mass is 32.2. The van der Waals surface area contributed by atoms with E-state index in [2.05, 4.69) is 9.62 Å². The molecule has 0 aliphatic carbocycles. The van der Waals surface area contributed by atoms with E-state index in [1.807, 2.05) is 19.9 Å². The maximum absolute atomic E-state index is 13.5. The summed E-state index contributed by atoms with van der Waals surface area (Å²) in [5.74, 6) is -0.510. The molecular weight excluding hydrogens is 465 g/mol. The van der Waals surface area contributed by atoms with Gasteiger partial charge >= 0.3 is 0 Å². The summed E-state index contributed by atoms with van der Waals surface area (Å²) < 4.78 is 42.8. The number of piperazine rings is 1. The van der Waals surface area contributed by atoms with Gasteiger partial charge in [0.2, 0.25) is 0 Å². The second-order valence-corrected chi connectivity index (χ2v) is 10.6. The molecule has 0 radical (unpaired) electrons. The summed E-state index contributed by atoms with van der Waals surface area (Å²) in [7, 11) is -3.91. The Labute approximate surface area is 206 Å². The Morgan fingerprint density at radius 1 is 0.857 bits per heavy atom. The van der Waals surface area contributed by atoms with Crippen LogP contribution in [0.3, 0.4) is 0 Å². The average molecular weight is 496 g/mol. The molecule has 1 aliphatic heterocycles. The largest absolute Gasteiger partial charge is 0.368 e. The minimum Gasteiger partial charge on any atom is -0.368 e. The van der Waals surface area contributed by atoms with Crippen LogP contribution in [0, 0.1) is 33.5 Å². The first-order chi connectivity index (χ1) is 16.6. The number of amides is 1. The van der Waals surface area contributed by atoms with E-state index in [-0.39, 0.29) is 22.3 Å². The summed E-state index contributed by atoms with van der Waals surface area (Å²) in [6.45, 7) is 9.55. The van der Waals surface area contributed by atoms with E-state index in [9.17, 15) is 17.6 Å². The van der Waals surface area contributed by atoms with E-state index < -0.39 is 10.0 Å². The first-order valence-corrected chi connectivity index (χ1v) is 13.1. The quantitative estimate of drug-likeness (QED) is 0.551. The lowest BCUT2D eigenvalue weighted by molar-refractivity contribution is 0.0748. The number of carbonyl (C=O) groups is 1. The van der Waals surface area contributed by atoms with Crippen LogP contribution < -0.4 is 9.62 Å². The van der Waals surface area contributed by atoms with E-state index in [1.54, 1.807) is 55.1 Å². The van der Waals surface area contributed by atoms with Crippen molar-refractivity contribution in [2.24, 2.45) is 0 Å². The number of hydrogen-bond donors (Lipinski definition) is 1. The molecule has 0 saturated carbocycles. The number of carbonyl (C=O) groups excluding carboxylic acids is 1. The molecule has 0 atom stereocenters. The lowest BCUT2D eigenvalue weighted by atomic mass is 10.0. The molecule has 0 unspecified atom stereocenters. The normalized spacial score (nSPS) is 14.2.